The molecule has 2 aromatic heterocycles. The first-order valence-corrected chi connectivity index (χ1v) is 8.87. The molecule has 3 aromatic rings. The molecule has 0 aliphatic carbocycles. The summed E-state index contributed by atoms with van der Waals surface area (Å²) >= 11 is 0. The van der Waals surface area contributed by atoms with Gasteiger partial charge in [0.05, 0.1) is 11.6 Å². The van der Waals surface area contributed by atoms with Gasteiger partial charge in [0.15, 0.2) is 5.82 Å². The van der Waals surface area contributed by atoms with Crippen molar-refractivity contribution in [2.45, 2.75) is 26.3 Å². The Kier molecular flexibility index (Phi) is 4.50. The van der Waals surface area contributed by atoms with Crippen molar-refractivity contribution < 1.29 is 8.91 Å². The molecule has 0 amide bonds. The maximum absolute atomic E-state index is 13.7. The molecule has 1 saturated heterocycles. The van der Waals surface area contributed by atoms with Crippen LogP contribution in [0.4, 0.5) is 10.2 Å². The van der Waals surface area contributed by atoms with E-state index in [4.69, 9.17) is 4.52 Å². The number of halogens is 1. The lowest BCUT2D eigenvalue weighted by molar-refractivity contribution is 0.164. The van der Waals surface area contributed by atoms with Crippen molar-refractivity contribution in [2.75, 3.05) is 31.1 Å². The number of benzene rings is 1. The van der Waals surface area contributed by atoms with Crippen molar-refractivity contribution in [3.63, 3.8) is 0 Å². The van der Waals surface area contributed by atoms with Crippen molar-refractivity contribution in [3.05, 3.63) is 42.1 Å². The topological polar surface area (TPSA) is 71.2 Å². The molecule has 0 N–H and O–H groups in total. The van der Waals surface area contributed by atoms with Crippen LogP contribution in [0.3, 0.4) is 0 Å². The molecule has 7 nitrogen and oxygen atoms in total. The number of hydrogen-bond acceptors (Lipinski definition) is 7. The van der Waals surface area contributed by atoms with Crippen LogP contribution in [0, 0.1) is 5.82 Å². The van der Waals surface area contributed by atoms with Gasteiger partial charge in [-0.3, -0.25) is 4.90 Å². The average Bonchev–Trinajstić information content (AvgIpc) is 3.16. The molecule has 0 radical (unpaired) electrons. The molecule has 3 heterocycles. The van der Waals surface area contributed by atoms with Gasteiger partial charge < -0.3 is 9.42 Å². The largest absolute Gasteiger partial charge is 0.353 e. The van der Waals surface area contributed by atoms with Crippen LogP contribution in [0.1, 0.15) is 31.6 Å². The smallest absolute Gasteiger partial charge is 0.243 e. The second kappa shape index (κ2) is 6.95. The Labute approximate surface area is 150 Å². The molecule has 0 saturated carbocycles. The molecule has 1 atom stereocenters. The van der Waals surface area contributed by atoms with Gasteiger partial charge in [-0.2, -0.15) is 4.98 Å². The van der Waals surface area contributed by atoms with E-state index in [2.05, 4.69) is 36.8 Å². The van der Waals surface area contributed by atoms with Gasteiger partial charge in [-0.25, -0.2) is 14.4 Å². The molecule has 136 valence electrons. The van der Waals surface area contributed by atoms with E-state index < -0.39 is 0 Å². The minimum absolute atomic E-state index is 0.0736. The van der Waals surface area contributed by atoms with Crippen LogP contribution in [0.2, 0.25) is 0 Å². The van der Waals surface area contributed by atoms with Crippen molar-refractivity contribution >= 4 is 16.7 Å². The number of nitrogens with zero attached hydrogens (tertiary/aromatic N) is 6. The number of aromatic nitrogens is 4. The van der Waals surface area contributed by atoms with Crippen molar-refractivity contribution in [1.29, 1.82) is 0 Å². The summed E-state index contributed by atoms with van der Waals surface area (Å²) in [6.45, 7) is 7.35. The van der Waals surface area contributed by atoms with Crippen LogP contribution >= 0.6 is 0 Å². The maximum Gasteiger partial charge on any atom is 0.243 e. The van der Waals surface area contributed by atoms with E-state index in [1.807, 2.05) is 6.92 Å². The third-order valence-electron chi connectivity index (χ3n) is 4.90. The fraction of sp³-hybridized carbons (Fsp3) is 0.444. The standard InChI is InChI=1S/C18H21FN6O/c1-3-16-22-18(26-23-16)12(2)24-6-8-25(9-7-24)17-14-10-13(19)4-5-15(14)20-11-21-17/h4-5,10-12H,3,6-9H2,1-2H3. The monoisotopic (exact) mass is 356 g/mol. The molecular weight excluding hydrogens is 335 g/mol. The molecule has 1 aliphatic heterocycles. The first kappa shape index (κ1) is 16.8. The summed E-state index contributed by atoms with van der Waals surface area (Å²) in [4.78, 5) is 17.6. The number of rotatable bonds is 4. The third-order valence-corrected chi connectivity index (χ3v) is 4.90. The lowest BCUT2D eigenvalue weighted by Crippen LogP contribution is -2.47. The van der Waals surface area contributed by atoms with Gasteiger partial charge in [-0.15, -0.1) is 0 Å². The van der Waals surface area contributed by atoms with E-state index >= 15 is 0 Å². The minimum atomic E-state index is -0.274. The van der Waals surface area contributed by atoms with E-state index in [9.17, 15) is 4.39 Å². The second-order valence-corrected chi connectivity index (χ2v) is 6.46. The Bertz CT molecular complexity index is 906. The van der Waals surface area contributed by atoms with E-state index in [0.717, 1.165) is 55.1 Å². The molecule has 1 aliphatic rings. The fourth-order valence-corrected chi connectivity index (χ4v) is 3.33. The third kappa shape index (κ3) is 3.12. The van der Waals surface area contributed by atoms with E-state index in [-0.39, 0.29) is 11.9 Å². The number of anilines is 1. The zero-order valence-electron chi connectivity index (χ0n) is 14.9. The van der Waals surface area contributed by atoms with Crippen LogP contribution in [0.5, 0.6) is 0 Å². The Morgan fingerprint density at radius 2 is 2.00 bits per heavy atom. The summed E-state index contributed by atoms with van der Waals surface area (Å²) in [5.74, 6) is 1.90. The summed E-state index contributed by atoms with van der Waals surface area (Å²) in [5.41, 5.74) is 0.755. The highest BCUT2D eigenvalue weighted by atomic mass is 19.1. The minimum Gasteiger partial charge on any atom is -0.353 e. The quantitative estimate of drug-likeness (QED) is 0.711. The van der Waals surface area contributed by atoms with Gasteiger partial charge in [0, 0.05) is 38.0 Å². The van der Waals surface area contributed by atoms with Gasteiger partial charge in [0.2, 0.25) is 5.89 Å². The lowest BCUT2D eigenvalue weighted by Gasteiger charge is -2.37. The molecule has 1 fully saturated rings. The molecule has 4 rings (SSSR count). The molecule has 0 bridgehead atoms. The van der Waals surface area contributed by atoms with Crippen molar-refractivity contribution in [2.24, 2.45) is 0 Å². The highest BCUT2D eigenvalue weighted by Gasteiger charge is 2.26. The van der Waals surface area contributed by atoms with Crippen LogP contribution in [0.15, 0.2) is 29.0 Å². The molecule has 1 unspecified atom stereocenters. The zero-order chi connectivity index (χ0) is 18.1. The van der Waals surface area contributed by atoms with Gasteiger partial charge in [0.1, 0.15) is 18.0 Å². The summed E-state index contributed by atoms with van der Waals surface area (Å²) in [6, 6.07) is 4.69. The highest BCUT2D eigenvalue weighted by Crippen LogP contribution is 2.26. The van der Waals surface area contributed by atoms with E-state index in [1.54, 1.807) is 6.07 Å². The predicted molar refractivity (Wildman–Crippen MR) is 95.4 cm³/mol. The van der Waals surface area contributed by atoms with Gasteiger partial charge in [-0.05, 0) is 25.1 Å². The van der Waals surface area contributed by atoms with E-state index in [0.29, 0.717) is 5.89 Å². The van der Waals surface area contributed by atoms with Gasteiger partial charge in [0.25, 0.3) is 0 Å². The number of hydrogen-bond donors (Lipinski definition) is 0. The summed E-state index contributed by atoms with van der Waals surface area (Å²) in [6.07, 6.45) is 2.30. The fourth-order valence-electron chi connectivity index (χ4n) is 3.33. The second-order valence-electron chi connectivity index (χ2n) is 6.46. The first-order valence-electron chi connectivity index (χ1n) is 8.87. The normalized spacial score (nSPS) is 17.0. The van der Waals surface area contributed by atoms with Crippen LogP contribution < -0.4 is 4.90 Å². The van der Waals surface area contributed by atoms with Crippen LogP contribution in [-0.4, -0.2) is 51.2 Å². The zero-order valence-corrected chi connectivity index (χ0v) is 14.9. The maximum atomic E-state index is 13.7. The Morgan fingerprint density at radius 3 is 2.73 bits per heavy atom. The lowest BCUT2D eigenvalue weighted by atomic mass is 10.2. The van der Waals surface area contributed by atoms with Crippen molar-refractivity contribution in [1.82, 2.24) is 25.0 Å². The molecular formula is C18H21FN6O. The Morgan fingerprint density at radius 1 is 1.19 bits per heavy atom. The average molecular weight is 356 g/mol. The Balaban J connectivity index is 1.49. The Hall–Kier alpha value is -2.61. The number of piperazine rings is 1. The number of aryl methyl sites for hydroxylation is 1. The van der Waals surface area contributed by atoms with Gasteiger partial charge >= 0.3 is 0 Å². The van der Waals surface area contributed by atoms with Crippen LogP contribution in [-0.2, 0) is 6.42 Å². The van der Waals surface area contributed by atoms with Crippen molar-refractivity contribution in [3.8, 4) is 0 Å². The SMILES string of the molecule is CCc1noc(C(C)N2CCN(c3ncnc4ccc(F)cc34)CC2)n1. The molecule has 0 spiro atoms. The summed E-state index contributed by atoms with van der Waals surface area (Å²) in [7, 11) is 0. The number of fused-ring (bicyclic) bond motifs is 1. The van der Waals surface area contributed by atoms with E-state index in [1.165, 1.54) is 18.5 Å². The summed E-state index contributed by atoms with van der Waals surface area (Å²) in [5, 5.41) is 4.73. The van der Waals surface area contributed by atoms with Crippen LogP contribution in [0.25, 0.3) is 10.9 Å². The molecule has 26 heavy (non-hydrogen) atoms. The first-order chi connectivity index (χ1) is 12.7. The van der Waals surface area contributed by atoms with Gasteiger partial charge in [-0.1, -0.05) is 12.1 Å². The highest BCUT2D eigenvalue weighted by molar-refractivity contribution is 5.89. The summed E-state index contributed by atoms with van der Waals surface area (Å²) < 4.78 is 19.0. The molecule has 8 heteroatoms. The molecule has 1 aromatic carbocycles. The predicted octanol–water partition coefficient (Wildman–Crippen LogP) is 2.60.